The summed E-state index contributed by atoms with van der Waals surface area (Å²) in [6.45, 7) is 1.62. The molecule has 4 unspecified atom stereocenters. The second kappa shape index (κ2) is 10.9. The van der Waals surface area contributed by atoms with E-state index in [1.165, 1.54) is 18.2 Å². The number of benzene rings is 3. The van der Waals surface area contributed by atoms with Crippen molar-refractivity contribution < 1.29 is 44.9 Å². The van der Waals surface area contributed by atoms with E-state index in [1.54, 1.807) is 24.3 Å². The van der Waals surface area contributed by atoms with Crippen LogP contribution < -0.4 is 17.8 Å². The number of hydrogen-bond donors (Lipinski definition) is 2. The van der Waals surface area contributed by atoms with Crippen molar-refractivity contribution in [3.63, 3.8) is 0 Å². The molecule has 0 amide bonds. The predicted octanol–water partition coefficient (Wildman–Crippen LogP) is 2.83. The van der Waals surface area contributed by atoms with Crippen molar-refractivity contribution in [2.24, 2.45) is 11.8 Å². The first-order valence-electron chi connectivity index (χ1n) is 18.6. The molecule has 11 rings (SSSR count). The van der Waals surface area contributed by atoms with Crippen LogP contribution >= 0.6 is 0 Å². The number of likely N-dealkylation sites (N-methyl/N-ethyl adjacent to an activating group) is 2. The summed E-state index contributed by atoms with van der Waals surface area (Å²) < 4.78 is 80.2. The van der Waals surface area contributed by atoms with Gasteiger partial charge in [0.2, 0.25) is 0 Å². The van der Waals surface area contributed by atoms with Gasteiger partial charge in [0.25, 0.3) is 0 Å². The minimum Gasteiger partial charge on any atom is -0.482 e. The lowest BCUT2D eigenvalue weighted by Gasteiger charge is -2.56. The first-order valence-corrected chi connectivity index (χ1v) is 21.4. The van der Waals surface area contributed by atoms with Crippen molar-refractivity contribution in [1.29, 1.82) is 0 Å². The number of hydrogen-bond acceptors (Lipinski definition) is 12. The summed E-state index contributed by atoms with van der Waals surface area (Å²) in [5.41, 5.74) is 2.86. The third kappa shape index (κ3) is 4.16. The van der Waals surface area contributed by atoms with Gasteiger partial charge in [0.15, 0.2) is 23.0 Å². The Hall–Kier alpha value is -3.92. The first kappa shape index (κ1) is 33.4. The van der Waals surface area contributed by atoms with Crippen molar-refractivity contribution in [2.45, 2.75) is 82.8 Å². The number of piperidine rings is 2. The Kier molecular flexibility index (Phi) is 6.74. The molecular weight excluding hydrogens is 733 g/mol. The number of ether oxygens (including phenoxy) is 2. The van der Waals surface area contributed by atoms with E-state index in [2.05, 4.69) is 36.0 Å². The van der Waals surface area contributed by atoms with Crippen molar-refractivity contribution >= 4 is 20.2 Å². The van der Waals surface area contributed by atoms with Crippen LogP contribution in [0.4, 0.5) is 0 Å². The zero-order valence-electron chi connectivity index (χ0n) is 29.7. The Balaban J connectivity index is 0.917. The van der Waals surface area contributed by atoms with Crippen LogP contribution in [-0.4, -0.2) is 101 Å². The van der Waals surface area contributed by atoms with Crippen LogP contribution in [0, 0.1) is 11.8 Å². The Morgan fingerprint density at radius 3 is 1.56 bits per heavy atom. The summed E-state index contributed by atoms with van der Waals surface area (Å²) >= 11 is 0. The molecule has 10 atom stereocenters. The van der Waals surface area contributed by atoms with E-state index < -0.39 is 55.5 Å². The number of aliphatic hydroxyl groups is 2. The van der Waals surface area contributed by atoms with Gasteiger partial charge in [-0.3, -0.25) is 0 Å². The van der Waals surface area contributed by atoms with Crippen molar-refractivity contribution in [1.82, 2.24) is 9.80 Å². The second-order valence-electron chi connectivity index (χ2n) is 16.4. The normalized spacial score (nSPS) is 36.5. The van der Waals surface area contributed by atoms with Gasteiger partial charge in [-0.25, -0.2) is 0 Å². The summed E-state index contributed by atoms with van der Waals surface area (Å²) in [4.78, 5) is 3.93. The molecule has 12 nitrogen and oxygen atoms in total. The third-order valence-corrected chi connectivity index (χ3v) is 16.5. The molecule has 0 radical (unpaired) electrons. The highest BCUT2D eigenvalue weighted by Crippen LogP contribution is 2.64. The van der Waals surface area contributed by atoms with Gasteiger partial charge in [0.05, 0.1) is 0 Å². The molecule has 8 aliphatic rings. The molecule has 2 spiro atoms. The molecule has 4 bridgehead atoms. The van der Waals surface area contributed by atoms with Crippen LogP contribution in [0.15, 0.2) is 82.6 Å². The maximum atomic E-state index is 13.9. The minimum absolute atomic E-state index is 0.00780. The van der Waals surface area contributed by atoms with Gasteiger partial charge in [0, 0.05) is 45.9 Å². The summed E-state index contributed by atoms with van der Waals surface area (Å²) in [6, 6.07) is 12.3. The van der Waals surface area contributed by atoms with Gasteiger partial charge in [0.1, 0.15) is 34.2 Å². The summed E-state index contributed by atoms with van der Waals surface area (Å²) in [5, 5.41) is 22.2. The number of likely N-dealkylation sites (tertiary alicyclic amines) is 2. The molecule has 54 heavy (non-hydrogen) atoms. The van der Waals surface area contributed by atoms with Gasteiger partial charge in [-0.05, 0) is 94.3 Å². The summed E-state index contributed by atoms with van der Waals surface area (Å²) in [5.74, 6) is 0.788. The van der Waals surface area contributed by atoms with E-state index in [0.717, 1.165) is 67.1 Å². The van der Waals surface area contributed by atoms with Crippen LogP contribution in [0.2, 0.25) is 0 Å². The monoisotopic (exact) mass is 772 g/mol. The molecular formula is C40H40N2O10S2. The Morgan fingerprint density at radius 2 is 1.11 bits per heavy atom. The number of rotatable bonds is 6. The first-order chi connectivity index (χ1) is 25.8. The highest BCUT2D eigenvalue weighted by atomic mass is 32.2. The maximum Gasteiger partial charge on any atom is 0.339 e. The summed E-state index contributed by atoms with van der Waals surface area (Å²) in [6.07, 6.45) is 7.80. The van der Waals surface area contributed by atoms with Crippen LogP contribution in [0.5, 0.6) is 23.0 Å². The SMILES string of the molecule is CN1CC[C@@]23c4c5ccc(OS(=O)(=O)c6cccc(S(=O)(=O)Oc7ccc8c9c7O[C@@H]7C(O)C=CC%10[C@H](C8)N(C)CC[C@]9%107)c6)c4O[C@@H]2C(O)C=CC3[C@@H]1C5. The maximum absolute atomic E-state index is 13.9. The lowest BCUT2D eigenvalue weighted by molar-refractivity contribution is -0.0452. The van der Waals surface area contributed by atoms with Gasteiger partial charge < -0.3 is 37.9 Å². The smallest absolute Gasteiger partial charge is 0.339 e. The zero-order valence-corrected chi connectivity index (χ0v) is 31.3. The van der Waals surface area contributed by atoms with E-state index in [0.29, 0.717) is 11.5 Å². The second-order valence-corrected chi connectivity index (χ2v) is 19.5. The van der Waals surface area contributed by atoms with Crippen LogP contribution in [0.1, 0.15) is 35.1 Å². The average Bonchev–Trinajstić information content (AvgIpc) is 3.69. The molecule has 4 aliphatic heterocycles. The minimum atomic E-state index is -4.58. The fourth-order valence-electron chi connectivity index (χ4n) is 11.7. The van der Waals surface area contributed by atoms with Crippen molar-refractivity contribution in [3.05, 3.63) is 95.1 Å². The van der Waals surface area contributed by atoms with Crippen LogP contribution in [0.3, 0.4) is 0 Å². The largest absolute Gasteiger partial charge is 0.482 e. The van der Waals surface area contributed by atoms with Crippen LogP contribution in [-0.2, 0) is 43.9 Å². The standard InChI is InChI=1S/C40H40N2O10S2/c1-41-16-14-39-25-8-10-29(43)37(39)49-35-31(12-6-21(33(35)39)18-27(25)41)51-53(45,46)23-4-3-5-24(20-23)54(47,48)52-32-13-7-22-19-28-26-9-11-30(44)38-40(26,15-17-42(28)2)34(22)36(32)50-38/h3-13,20,25-30,37-38,43-44H,14-19H2,1-2H3/t25?,26?,27-,28-,29?,30?,37+,38+,39+,40+/m0/s1. The number of aliphatic hydroxyl groups excluding tert-OH is 2. The highest BCUT2D eigenvalue weighted by molar-refractivity contribution is 7.88. The van der Waals surface area contributed by atoms with Crippen molar-refractivity contribution in [3.8, 4) is 23.0 Å². The Morgan fingerprint density at radius 1 is 0.667 bits per heavy atom. The molecule has 0 saturated carbocycles. The van der Waals surface area contributed by atoms with Gasteiger partial charge in [-0.15, -0.1) is 0 Å². The topological polar surface area (TPSA) is 152 Å². The van der Waals surface area contributed by atoms with E-state index >= 15 is 0 Å². The predicted molar refractivity (Wildman–Crippen MR) is 194 cm³/mol. The van der Waals surface area contributed by atoms with E-state index in [-0.39, 0.29) is 45.2 Å². The lowest BCUT2D eigenvalue weighted by atomic mass is 9.53. The molecule has 4 heterocycles. The van der Waals surface area contributed by atoms with E-state index in [4.69, 9.17) is 17.8 Å². The molecule has 3 aromatic rings. The molecule has 0 aromatic heterocycles. The van der Waals surface area contributed by atoms with Gasteiger partial charge in [-0.1, -0.05) is 42.5 Å². The fourth-order valence-corrected chi connectivity index (χ4v) is 13.7. The highest BCUT2D eigenvalue weighted by Gasteiger charge is 2.66. The molecule has 2 fully saturated rings. The van der Waals surface area contributed by atoms with E-state index in [9.17, 15) is 27.0 Å². The fraction of sp³-hybridized carbons (Fsp3) is 0.450. The average molecular weight is 773 g/mol. The number of nitrogens with zero attached hydrogens (tertiary/aromatic N) is 2. The Labute approximate surface area is 313 Å². The van der Waals surface area contributed by atoms with Gasteiger partial charge in [-0.2, -0.15) is 16.8 Å². The Bertz CT molecular complexity index is 2290. The molecule has 4 aliphatic carbocycles. The zero-order chi connectivity index (χ0) is 37.1. The molecule has 2 saturated heterocycles. The molecule has 14 heteroatoms. The van der Waals surface area contributed by atoms with Crippen LogP contribution in [0.25, 0.3) is 0 Å². The lowest BCUT2D eigenvalue weighted by Crippen LogP contribution is -2.64. The van der Waals surface area contributed by atoms with Gasteiger partial charge >= 0.3 is 20.2 Å². The quantitative estimate of drug-likeness (QED) is 0.280. The molecule has 2 N–H and O–H groups in total. The summed E-state index contributed by atoms with van der Waals surface area (Å²) in [7, 11) is -4.93. The van der Waals surface area contributed by atoms with E-state index in [1.807, 2.05) is 12.1 Å². The van der Waals surface area contributed by atoms with Crippen molar-refractivity contribution in [2.75, 3.05) is 27.2 Å². The molecule has 282 valence electrons. The third-order valence-electron chi connectivity index (χ3n) is 14.1. The molecule has 3 aromatic carbocycles.